The number of hydrogen-bond donors (Lipinski definition) is 3. The lowest BCUT2D eigenvalue weighted by atomic mass is 10.0. The zero-order valence-electron chi connectivity index (χ0n) is 16.2. The number of ether oxygens (including phenoxy) is 1. The van der Waals surface area contributed by atoms with Crippen molar-refractivity contribution in [2.24, 2.45) is 4.99 Å². The third-order valence-electron chi connectivity index (χ3n) is 3.95. The van der Waals surface area contributed by atoms with Gasteiger partial charge in [0.25, 0.3) is 0 Å². The number of nitrogens with one attached hydrogen (secondary N) is 3. The van der Waals surface area contributed by atoms with Crippen LogP contribution in [0.3, 0.4) is 0 Å². The molecular weight excluding hydrogens is 420 g/mol. The molecule has 0 spiro atoms. The van der Waals surface area contributed by atoms with E-state index in [1.165, 1.54) is 6.07 Å². The number of aryl methyl sites for hydroxylation is 1. The highest BCUT2D eigenvalue weighted by molar-refractivity contribution is 7.91. The number of methoxy groups -OCH3 is 1. The lowest BCUT2D eigenvalue weighted by molar-refractivity contribution is 0.405. The number of nitrogens with zero attached hydrogens (tertiary/aromatic N) is 1. The van der Waals surface area contributed by atoms with Crippen LogP contribution in [0.2, 0.25) is 4.34 Å². The van der Waals surface area contributed by atoms with Gasteiger partial charge in [0, 0.05) is 25.7 Å². The van der Waals surface area contributed by atoms with Crippen molar-refractivity contribution in [1.82, 2.24) is 15.4 Å². The van der Waals surface area contributed by atoms with E-state index >= 15 is 0 Å². The van der Waals surface area contributed by atoms with E-state index in [9.17, 15) is 8.42 Å². The predicted molar refractivity (Wildman–Crippen MR) is 115 cm³/mol. The van der Waals surface area contributed by atoms with Crippen molar-refractivity contribution in [3.8, 4) is 5.75 Å². The van der Waals surface area contributed by atoms with Crippen molar-refractivity contribution in [3.05, 3.63) is 45.8 Å². The molecule has 7 nitrogen and oxygen atoms in total. The smallest absolute Gasteiger partial charge is 0.250 e. The van der Waals surface area contributed by atoms with E-state index in [-0.39, 0.29) is 16.8 Å². The molecule has 1 aromatic carbocycles. The summed E-state index contributed by atoms with van der Waals surface area (Å²) in [4.78, 5) is 4.19. The molecule has 1 unspecified atom stereocenters. The molecule has 0 aliphatic carbocycles. The van der Waals surface area contributed by atoms with Crippen LogP contribution in [0.1, 0.15) is 24.1 Å². The SMILES string of the molecule is CN=C(NCCNS(=O)(=O)c1ccc(Cl)s1)NC(C)c1cc(C)ccc1OC. The van der Waals surface area contributed by atoms with Gasteiger partial charge >= 0.3 is 0 Å². The van der Waals surface area contributed by atoms with E-state index in [1.54, 1.807) is 20.2 Å². The summed E-state index contributed by atoms with van der Waals surface area (Å²) in [7, 11) is -0.257. The van der Waals surface area contributed by atoms with E-state index in [0.29, 0.717) is 16.8 Å². The second-order valence-corrected chi connectivity index (χ2v) is 9.78. The molecule has 1 atom stereocenters. The maximum absolute atomic E-state index is 12.2. The fraction of sp³-hybridized carbons (Fsp3) is 0.389. The molecule has 0 radical (unpaired) electrons. The number of guanidine groups is 1. The van der Waals surface area contributed by atoms with Crippen LogP contribution in [0, 0.1) is 6.92 Å². The minimum atomic E-state index is -3.56. The van der Waals surface area contributed by atoms with Crippen LogP contribution in [0.25, 0.3) is 0 Å². The van der Waals surface area contributed by atoms with E-state index in [1.807, 2.05) is 26.0 Å². The number of sulfonamides is 1. The van der Waals surface area contributed by atoms with E-state index in [2.05, 4.69) is 26.4 Å². The molecule has 28 heavy (non-hydrogen) atoms. The Balaban J connectivity index is 1.89. The first-order chi connectivity index (χ1) is 13.3. The fourth-order valence-corrected chi connectivity index (χ4v) is 5.11. The highest BCUT2D eigenvalue weighted by atomic mass is 35.5. The predicted octanol–water partition coefficient (Wildman–Crippen LogP) is 2.92. The number of benzene rings is 1. The number of rotatable bonds is 8. The molecular formula is C18H25ClN4O3S2. The molecule has 0 bridgehead atoms. The van der Waals surface area contributed by atoms with Gasteiger partial charge < -0.3 is 15.4 Å². The standard InChI is InChI=1S/C18H25ClN4O3S2/c1-12-5-6-15(26-4)14(11-12)13(2)23-18(20-3)21-9-10-22-28(24,25)17-8-7-16(19)27-17/h5-8,11,13,22H,9-10H2,1-4H3,(H2,20,21,23). The molecule has 0 fully saturated rings. The number of thiophene rings is 1. The Morgan fingerprint density at radius 2 is 2.04 bits per heavy atom. The minimum absolute atomic E-state index is 0.0500. The van der Waals surface area contributed by atoms with Gasteiger partial charge in [-0.2, -0.15) is 0 Å². The monoisotopic (exact) mass is 444 g/mol. The molecule has 0 saturated carbocycles. The van der Waals surface area contributed by atoms with Crippen molar-refractivity contribution in [1.29, 1.82) is 0 Å². The van der Waals surface area contributed by atoms with Crippen molar-refractivity contribution >= 4 is 38.9 Å². The lowest BCUT2D eigenvalue weighted by Crippen LogP contribution is -2.42. The zero-order valence-corrected chi connectivity index (χ0v) is 18.6. The van der Waals surface area contributed by atoms with Crippen molar-refractivity contribution in [2.75, 3.05) is 27.2 Å². The summed E-state index contributed by atoms with van der Waals surface area (Å²) in [6.07, 6.45) is 0. The van der Waals surface area contributed by atoms with E-state index < -0.39 is 10.0 Å². The molecule has 10 heteroatoms. The third kappa shape index (κ3) is 6.10. The molecule has 0 amide bonds. The Morgan fingerprint density at radius 1 is 1.29 bits per heavy atom. The van der Waals surface area contributed by atoms with Gasteiger partial charge in [-0.3, -0.25) is 4.99 Å². The summed E-state index contributed by atoms with van der Waals surface area (Å²) in [6.45, 7) is 4.61. The number of halogens is 1. The molecule has 1 aromatic heterocycles. The second-order valence-electron chi connectivity index (χ2n) is 6.07. The first-order valence-electron chi connectivity index (χ1n) is 8.63. The van der Waals surface area contributed by atoms with Crippen LogP contribution in [0.5, 0.6) is 5.75 Å². The highest BCUT2D eigenvalue weighted by Crippen LogP contribution is 2.26. The van der Waals surface area contributed by atoms with Gasteiger partial charge in [-0.05, 0) is 32.0 Å². The first-order valence-corrected chi connectivity index (χ1v) is 11.3. The fourth-order valence-electron chi connectivity index (χ4n) is 2.55. The van der Waals surface area contributed by atoms with Crippen LogP contribution >= 0.6 is 22.9 Å². The summed E-state index contributed by atoms with van der Waals surface area (Å²) < 4.78 is 33.0. The minimum Gasteiger partial charge on any atom is -0.496 e. The second kappa shape index (κ2) is 10.1. The van der Waals surface area contributed by atoms with E-state index in [4.69, 9.17) is 16.3 Å². The summed E-state index contributed by atoms with van der Waals surface area (Å²) in [6, 6.07) is 8.99. The van der Waals surface area contributed by atoms with Gasteiger partial charge in [0.2, 0.25) is 10.0 Å². The molecule has 0 aliphatic heterocycles. The van der Waals surface area contributed by atoms with E-state index in [0.717, 1.165) is 28.2 Å². The van der Waals surface area contributed by atoms with Gasteiger partial charge in [0.05, 0.1) is 17.5 Å². The highest BCUT2D eigenvalue weighted by Gasteiger charge is 2.16. The topological polar surface area (TPSA) is 91.8 Å². The Morgan fingerprint density at radius 3 is 2.64 bits per heavy atom. The molecule has 2 aromatic rings. The maximum atomic E-state index is 12.2. The van der Waals surface area contributed by atoms with Crippen LogP contribution < -0.4 is 20.1 Å². The Hall–Kier alpha value is -1.81. The van der Waals surface area contributed by atoms with Gasteiger partial charge in [-0.1, -0.05) is 29.3 Å². The average molecular weight is 445 g/mol. The van der Waals surface area contributed by atoms with Crippen LogP contribution in [-0.2, 0) is 10.0 Å². The van der Waals surface area contributed by atoms with Crippen LogP contribution in [-0.4, -0.2) is 41.6 Å². The normalized spacial score (nSPS) is 13.2. The van der Waals surface area contributed by atoms with Crippen LogP contribution in [0.15, 0.2) is 39.5 Å². The number of hydrogen-bond acceptors (Lipinski definition) is 5. The first kappa shape index (κ1) is 22.5. The van der Waals surface area contributed by atoms with Gasteiger partial charge in [0.15, 0.2) is 5.96 Å². The number of aliphatic imine (C=N–C) groups is 1. The van der Waals surface area contributed by atoms with Crippen molar-refractivity contribution < 1.29 is 13.2 Å². The molecule has 3 N–H and O–H groups in total. The van der Waals surface area contributed by atoms with Gasteiger partial charge in [0.1, 0.15) is 9.96 Å². The lowest BCUT2D eigenvalue weighted by Gasteiger charge is -2.20. The molecule has 2 rings (SSSR count). The summed E-state index contributed by atoms with van der Waals surface area (Å²) in [5.41, 5.74) is 2.15. The van der Waals surface area contributed by atoms with Gasteiger partial charge in [-0.25, -0.2) is 13.1 Å². The molecule has 0 saturated heterocycles. The summed E-state index contributed by atoms with van der Waals surface area (Å²) >= 11 is 6.82. The molecule has 154 valence electrons. The Kier molecular flexibility index (Phi) is 8.11. The quantitative estimate of drug-likeness (QED) is 0.331. The Labute approximate surface area is 175 Å². The summed E-state index contributed by atoms with van der Waals surface area (Å²) in [5, 5.41) is 6.38. The maximum Gasteiger partial charge on any atom is 0.250 e. The van der Waals surface area contributed by atoms with Crippen molar-refractivity contribution in [2.45, 2.75) is 24.1 Å². The zero-order chi connectivity index (χ0) is 20.7. The third-order valence-corrected chi connectivity index (χ3v) is 7.14. The average Bonchev–Trinajstić information content (AvgIpc) is 3.11. The largest absolute Gasteiger partial charge is 0.496 e. The van der Waals surface area contributed by atoms with Crippen LogP contribution in [0.4, 0.5) is 0 Å². The molecule has 0 aliphatic rings. The van der Waals surface area contributed by atoms with Crippen molar-refractivity contribution in [3.63, 3.8) is 0 Å². The Bertz CT molecular complexity index is 929. The summed E-state index contributed by atoms with van der Waals surface area (Å²) in [5.74, 6) is 1.36. The van der Waals surface area contributed by atoms with Gasteiger partial charge in [-0.15, -0.1) is 11.3 Å². The molecule has 1 heterocycles.